The number of nitrogens with zero attached hydrogens (tertiary/aromatic N) is 2. The van der Waals surface area contributed by atoms with Crippen molar-refractivity contribution in [3.8, 4) is 13.1 Å². The van der Waals surface area contributed by atoms with Crippen molar-refractivity contribution in [2.24, 2.45) is 0 Å². The maximum Gasteiger partial charge on any atom is 0.0462 e. The van der Waals surface area contributed by atoms with Crippen molar-refractivity contribution in [2.45, 2.75) is 0 Å². The van der Waals surface area contributed by atoms with Crippen molar-refractivity contribution >= 4 is 0 Å². The van der Waals surface area contributed by atoms with Gasteiger partial charge in [-0.2, -0.15) is 0 Å². The van der Waals surface area contributed by atoms with Crippen molar-refractivity contribution in [3.05, 3.63) is 0 Å². The Morgan fingerprint density at radius 3 is 0.800 bits per heavy atom. The first-order valence-electron chi connectivity index (χ1n) is 0.516. The largest absolute Gasteiger partial charge is 0.202 e. The third-order valence-corrected chi connectivity index (χ3v) is 0. The van der Waals surface area contributed by atoms with Crippen LogP contribution in [0.5, 0.6) is 0 Å². The van der Waals surface area contributed by atoms with E-state index in [9.17, 15) is 0 Å². The Morgan fingerprint density at radius 1 is 0.800 bits per heavy atom. The Morgan fingerprint density at radius 2 is 0.800 bits per heavy atom. The molecule has 0 aliphatic rings. The molecule has 0 aromatic rings. The van der Waals surface area contributed by atoms with Gasteiger partial charge in [-0.25, -0.2) is 10.5 Å². The van der Waals surface area contributed by atoms with E-state index in [1.807, 2.05) is 0 Å². The molecule has 0 N–H and O–H groups in total. The van der Waals surface area contributed by atoms with E-state index in [1.165, 1.54) is 0 Å². The van der Waals surface area contributed by atoms with Gasteiger partial charge in [-0.1, -0.05) is 0 Å². The van der Waals surface area contributed by atoms with Gasteiger partial charge in [0.25, 0.3) is 0 Å². The fourth-order valence-corrected chi connectivity index (χ4v) is 0. The van der Waals surface area contributed by atoms with Crippen LogP contribution in [0.4, 0.5) is 0 Å². The molecular weight excluding hydrogens is 107 g/mol. The van der Waals surface area contributed by atoms with E-state index in [-0.39, 0.29) is 17.1 Å². The molecule has 0 spiro atoms. The average Bonchev–Trinajstić information content (AvgIpc) is 1.50. The molecule has 0 saturated carbocycles. The summed E-state index contributed by atoms with van der Waals surface area (Å²) in [5.74, 6) is 0. The van der Waals surface area contributed by atoms with E-state index in [4.69, 9.17) is 10.5 Å². The van der Waals surface area contributed by atoms with Gasteiger partial charge >= 0.3 is 0 Å². The summed E-state index contributed by atoms with van der Waals surface area (Å²) in [6, 6.07) is 0. The normalized spacial score (nSPS) is 0.800. The summed E-state index contributed by atoms with van der Waals surface area (Å²) >= 11 is 0. The fraction of sp³-hybridized carbons (Fsp3) is 0. The third-order valence-electron chi connectivity index (χ3n) is 0. The Hall–Kier alpha value is -0.501. The SMILES string of the molecule is C#N.C#N.[Mn]. The summed E-state index contributed by atoms with van der Waals surface area (Å²) in [4.78, 5) is 0. The van der Waals surface area contributed by atoms with Crippen LogP contribution in [0.3, 0.4) is 0 Å². The van der Waals surface area contributed by atoms with Crippen LogP contribution in [0.2, 0.25) is 0 Å². The van der Waals surface area contributed by atoms with Crippen LogP contribution in [-0.2, 0) is 17.1 Å². The van der Waals surface area contributed by atoms with E-state index < -0.39 is 0 Å². The maximum absolute atomic E-state index is 6.50. The van der Waals surface area contributed by atoms with Crippen LogP contribution in [0.25, 0.3) is 0 Å². The molecule has 1 radical (unpaired) electrons. The molecule has 0 atom stereocenters. The smallest absolute Gasteiger partial charge is 0.0462 e. The van der Waals surface area contributed by atoms with Crippen LogP contribution in [-0.4, -0.2) is 0 Å². The standard InChI is InChI=1S/2CHN.Mn/c2*1-2;/h2*1H;. The van der Waals surface area contributed by atoms with E-state index in [0.29, 0.717) is 0 Å². The van der Waals surface area contributed by atoms with Crippen LogP contribution < -0.4 is 0 Å². The minimum absolute atomic E-state index is 0. The summed E-state index contributed by atoms with van der Waals surface area (Å²) < 4.78 is 0. The van der Waals surface area contributed by atoms with Gasteiger partial charge in [-0.05, 0) is 0 Å². The predicted molar refractivity (Wildman–Crippen MR) is 13.3 cm³/mol. The van der Waals surface area contributed by atoms with Crippen molar-refractivity contribution in [1.29, 1.82) is 10.5 Å². The average molecular weight is 109 g/mol. The quantitative estimate of drug-likeness (QED) is 0.419. The number of hydrogen-bond donors (Lipinski definition) is 0. The van der Waals surface area contributed by atoms with Crippen LogP contribution in [0.15, 0.2) is 0 Å². The Labute approximate surface area is 41.5 Å². The summed E-state index contributed by atoms with van der Waals surface area (Å²) in [5.41, 5.74) is 0. The number of nitriles is 2. The first-order valence-corrected chi connectivity index (χ1v) is 0.516. The molecular formula is C2H2MnN2. The molecule has 3 heteroatoms. The summed E-state index contributed by atoms with van der Waals surface area (Å²) in [7, 11) is 0. The van der Waals surface area contributed by atoms with Crippen LogP contribution in [0.1, 0.15) is 0 Å². The maximum atomic E-state index is 6.50. The van der Waals surface area contributed by atoms with Crippen molar-refractivity contribution in [3.63, 3.8) is 0 Å². The monoisotopic (exact) mass is 109 g/mol. The van der Waals surface area contributed by atoms with Crippen LogP contribution >= 0.6 is 0 Å². The second kappa shape index (κ2) is 87.3. The summed E-state index contributed by atoms with van der Waals surface area (Å²) in [6.07, 6.45) is 0. The molecule has 0 aromatic carbocycles. The van der Waals surface area contributed by atoms with Gasteiger partial charge in [0.1, 0.15) is 0 Å². The topological polar surface area (TPSA) is 47.6 Å². The molecule has 0 heterocycles. The molecule has 0 amide bonds. The van der Waals surface area contributed by atoms with Crippen molar-refractivity contribution in [1.82, 2.24) is 0 Å². The van der Waals surface area contributed by atoms with Crippen molar-refractivity contribution < 1.29 is 17.1 Å². The zero-order valence-electron chi connectivity index (χ0n) is 2.43. The molecule has 27 valence electrons. The van der Waals surface area contributed by atoms with E-state index in [2.05, 4.69) is 13.1 Å². The molecule has 5 heavy (non-hydrogen) atoms. The molecule has 0 aliphatic heterocycles. The van der Waals surface area contributed by atoms with Gasteiger partial charge in [0.2, 0.25) is 0 Å². The van der Waals surface area contributed by atoms with Gasteiger partial charge in [-0.3, -0.25) is 0 Å². The molecule has 0 aromatic heterocycles. The van der Waals surface area contributed by atoms with E-state index >= 15 is 0 Å². The molecule has 2 nitrogen and oxygen atoms in total. The van der Waals surface area contributed by atoms with Crippen molar-refractivity contribution in [2.75, 3.05) is 0 Å². The minimum Gasteiger partial charge on any atom is -0.202 e. The zero-order chi connectivity index (χ0) is 4.00. The predicted octanol–water partition coefficient (Wildman–Crippen LogP) is 0.277. The van der Waals surface area contributed by atoms with Gasteiger partial charge < -0.3 is 0 Å². The first kappa shape index (κ1) is 24.5. The minimum atomic E-state index is 0. The summed E-state index contributed by atoms with van der Waals surface area (Å²) in [6.45, 7) is 7.00. The van der Waals surface area contributed by atoms with Crippen LogP contribution in [0, 0.1) is 23.7 Å². The second-order valence-corrected chi connectivity index (χ2v) is 0. The molecule has 0 aliphatic carbocycles. The first-order chi connectivity index (χ1) is 2.00. The third kappa shape index (κ3) is 31.4. The molecule has 0 rings (SSSR count). The molecule has 0 unspecified atom stereocenters. The summed E-state index contributed by atoms with van der Waals surface area (Å²) in [5, 5.41) is 13.0. The molecule has 0 saturated heterocycles. The van der Waals surface area contributed by atoms with E-state index in [1.54, 1.807) is 0 Å². The van der Waals surface area contributed by atoms with E-state index in [0.717, 1.165) is 0 Å². The Balaban J connectivity index is -0.0000000133. The van der Waals surface area contributed by atoms with Gasteiger partial charge in [-0.15, -0.1) is 0 Å². The number of rotatable bonds is 0. The second-order valence-electron chi connectivity index (χ2n) is 0. The molecule has 0 bridgehead atoms. The number of hydrogen-bond acceptors (Lipinski definition) is 2. The Kier molecular flexibility index (Phi) is 428. The Bertz CT molecular complexity index is 23.1. The fourth-order valence-electron chi connectivity index (χ4n) is 0. The zero-order valence-corrected chi connectivity index (χ0v) is 3.61. The van der Waals surface area contributed by atoms with Gasteiger partial charge in [0.05, 0.1) is 0 Å². The van der Waals surface area contributed by atoms with Gasteiger partial charge in [0.15, 0.2) is 0 Å². The van der Waals surface area contributed by atoms with Gasteiger partial charge in [0, 0.05) is 30.2 Å². The molecule has 0 fully saturated rings.